The van der Waals surface area contributed by atoms with Gasteiger partial charge in [-0.05, 0) is 50.7 Å². The van der Waals surface area contributed by atoms with Gasteiger partial charge in [-0.3, -0.25) is 4.90 Å². The number of benzene rings is 1. The standard InChI is InChI=1S/C19H26N2O2/c1-14-15(2)23-19(20-14)13-21(11-6-12-22)18-10-5-8-16-7-3-4-9-17(16)18/h3-4,7,9,18,22H,5-6,8,10-13H2,1-2H3. The lowest BCUT2D eigenvalue weighted by atomic mass is 9.86. The van der Waals surface area contributed by atoms with Crippen molar-refractivity contribution in [3.63, 3.8) is 0 Å². The number of aliphatic hydroxyl groups excluding tert-OH is 1. The van der Waals surface area contributed by atoms with Crippen molar-refractivity contribution in [3.05, 3.63) is 52.7 Å². The Morgan fingerprint density at radius 1 is 1.30 bits per heavy atom. The Morgan fingerprint density at radius 2 is 2.13 bits per heavy atom. The molecule has 0 spiro atoms. The predicted octanol–water partition coefficient (Wildman–Crippen LogP) is 3.55. The molecule has 1 atom stereocenters. The summed E-state index contributed by atoms with van der Waals surface area (Å²) in [4.78, 5) is 6.95. The highest BCUT2D eigenvalue weighted by Crippen LogP contribution is 2.35. The SMILES string of the molecule is Cc1nc(CN(CCCO)C2CCCc3ccccc32)oc1C. The third kappa shape index (κ3) is 3.65. The molecule has 1 aromatic carbocycles. The molecule has 1 heterocycles. The highest BCUT2D eigenvalue weighted by atomic mass is 16.4. The fourth-order valence-corrected chi connectivity index (χ4v) is 3.51. The summed E-state index contributed by atoms with van der Waals surface area (Å²) in [6, 6.07) is 9.13. The Balaban J connectivity index is 1.84. The van der Waals surface area contributed by atoms with Crippen LogP contribution in [0.25, 0.3) is 0 Å². The number of hydrogen-bond acceptors (Lipinski definition) is 4. The Labute approximate surface area is 138 Å². The van der Waals surface area contributed by atoms with Crippen molar-refractivity contribution in [2.45, 2.75) is 52.1 Å². The first kappa shape index (κ1) is 16.2. The van der Waals surface area contributed by atoms with Gasteiger partial charge in [-0.2, -0.15) is 0 Å². The second-order valence-electron chi connectivity index (χ2n) is 6.40. The van der Waals surface area contributed by atoms with Crippen LogP contribution in [0.15, 0.2) is 28.7 Å². The van der Waals surface area contributed by atoms with E-state index in [9.17, 15) is 5.11 Å². The summed E-state index contributed by atoms with van der Waals surface area (Å²) in [6.45, 7) is 5.72. The number of aliphatic hydroxyl groups is 1. The maximum atomic E-state index is 9.26. The molecule has 0 bridgehead atoms. The summed E-state index contributed by atoms with van der Waals surface area (Å²) in [6.07, 6.45) is 4.30. The molecule has 0 aliphatic heterocycles. The van der Waals surface area contributed by atoms with Crippen LogP contribution in [-0.4, -0.2) is 28.1 Å². The third-order valence-electron chi connectivity index (χ3n) is 4.79. The van der Waals surface area contributed by atoms with Crippen molar-refractivity contribution in [3.8, 4) is 0 Å². The summed E-state index contributed by atoms with van der Waals surface area (Å²) in [5.74, 6) is 1.67. The highest BCUT2D eigenvalue weighted by Gasteiger charge is 2.26. The van der Waals surface area contributed by atoms with E-state index >= 15 is 0 Å². The zero-order valence-electron chi connectivity index (χ0n) is 14.1. The molecule has 0 fully saturated rings. The van der Waals surface area contributed by atoms with Gasteiger partial charge in [0.25, 0.3) is 0 Å². The van der Waals surface area contributed by atoms with Crippen LogP contribution in [0, 0.1) is 13.8 Å². The van der Waals surface area contributed by atoms with E-state index in [-0.39, 0.29) is 6.61 Å². The van der Waals surface area contributed by atoms with Crippen LogP contribution in [-0.2, 0) is 13.0 Å². The zero-order chi connectivity index (χ0) is 16.2. The topological polar surface area (TPSA) is 49.5 Å². The maximum Gasteiger partial charge on any atom is 0.208 e. The van der Waals surface area contributed by atoms with Gasteiger partial charge in [0, 0.05) is 19.2 Å². The third-order valence-corrected chi connectivity index (χ3v) is 4.79. The lowest BCUT2D eigenvalue weighted by Crippen LogP contribution is -2.32. The van der Waals surface area contributed by atoms with Gasteiger partial charge in [0.15, 0.2) is 0 Å². The Kier molecular flexibility index (Phi) is 5.13. The van der Waals surface area contributed by atoms with E-state index in [0.29, 0.717) is 12.6 Å². The number of aryl methyl sites for hydroxylation is 3. The average Bonchev–Trinajstić information content (AvgIpc) is 2.89. The first-order chi connectivity index (χ1) is 11.2. The molecule has 3 rings (SSSR count). The normalized spacial score (nSPS) is 17.5. The molecule has 0 saturated heterocycles. The van der Waals surface area contributed by atoms with Crippen molar-refractivity contribution in [1.29, 1.82) is 0 Å². The summed E-state index contributed by atoms with van der Waals surface area (Å²) < 4.78 is 5.79. The largest absolute Gasteiger partial charge is 0.444 e. The first-order valence-corrected chi connectivity index (χ1v) is 8.54. The minimum atomic E-state index is 0.217. The Morgan fingerprint density at radius 3 is 2.87 bits per heavy atom. The van der Waals surface area contributed by atoms with Crippen LogP contribution in [0.3, 0.4) is 0 Å². The number of oxazole rings is 1. The van der Waals surface area contributed by atoms with Crippen LogP contribution >= 0.6 is 0 Å². The lowest BCUT2D eigenvalue weighted by Gasteiger charge is -2.35. The van der Waals surface area contributed by atoms with E-state index in [4.69, 9.17) is 4.42 Å². The predicted molar refractivity (Wildman–Crippen MR) is 90.2 cm³/mol. The van der Waals surface area contributed by atoms with E-state index < -0.39 is 0 Å². The Bertz CT molecular complexity index is 631. The van der Waals surface area contributed by atoms with Crippen LogP contribution in [0.4, 0.5) is 0 Å². The molecule has 1 aromatic heterocycles. The molecular formula is C19H26N2O2. The zero-order valence-corrected chi connectivity index (χ0v) is 14.1. The van der Waals surface area contributed by atoms with E-state index in [2.05, 4.69) is 34.1 Å². The quantitative estimate of drug-likeness (QED) is 0.886. The number of nitrogens with zero attached hydrogens (tertiary/aromatic N) is 2. The van der Waals surface area contributed by atoms with Crippen molar-refractivity contribution in [2.75, 3.05) is 13.2 Å². The van der Waals surface area contributed by atoms with Gasteiger partial charge in [0.2, 0.25) is 5.89 Å². The van der Waals surface area contributed by atoms with Gasteiger partial charge >= 0.3 is 0 Å². The van der Waals surface area contributed by atoms with Crippen LogP contribution in [0.1, 0.15) is 53.8 Å². The molecule has 124 valence electrons. The van der Waals surface area contributed by atoms with Crippen molar-refractivity contribution >= 4 is 0 Å². The minimum absolute atomic E-state index is 0.217. The Hall–Kier alpha value is -1.65. The van der Waals surface area contributed by atoms with Crippen LogP contribution in [0.2, 0.25) is 0 Å². The highest BCUT2D eigenvalue weighted by molar-refractivity contribution is 5.32. The number of hydrogen-bond donors (Lipinski definition) is 1. The van der Waals surface area contributed by atoms with Crippen molar-refractivity contribution in [2.24, 2.45) is 0 Å². The fourth-order valence-electron chi connectivity index (χ4n) is 3.51. The lowest BCUT2D eigenvalue weighted by molar-refractivity contribution is 0.139. The summed E-state index contributed by atoms with van der Waals surface area (Å²) in [5.41, 5.74) is 3.85. The smallest absolute Gasteiger partial charge is 0.208 e. The maximum absolute atomic E-state index is 9.26. The monoisotopic (exact) mass is 314 g/mol. The van der Waals surface area contributed by atoms with Crippen molar-refractivity contribution in [1.82, 2.24) is 9.88 Å². The molecule has 0 amide bonds. The minimum Gasteiger partial charge on any atom is -0.444 e. The number of aromatic nitrogens is 1. The second kappa shape index (κ2) is 7.28. The summed E-state index contributed by atoms with van der Waals surface area (Å²) in [5, 5.41) is 9.26. The molecule has 1 aliphatic carbocycles. The number of rotatable bonds is 6. The molecule has 1 aliphatic rings. The van der Waals surface area contributed by atoms with E-state index in [1.807, 2.05) is 13.8 Å². The molecule has 1 unspecified atom stereocenters. The average molecular weight is 314 g/mol. The summed E-state index contributed by atoms with van der Waals surface area (Å²) in [7, 11) is 0. The molecule has 0 saturated carbocycles. The molecule has 23 heavy (non-hydrogen) atoms. The molecule has 4 heteroatoms. The fraction of sp³-hybridized carbons (Fsp3) is 0.526. The van der Waals surface area contributed by atoms with E-state index in [0.717, 1.165) is 43.2 Å². The van der Waals surface area contributed by atoms with Gasteiger partial charge in [0.05, 0.1) is 12.2 Å². The van der Waals surface area contributed by atoms with Crippen LogP contribution < -0.4 is 0 Å². The van der Waals surface area contributed by atoms with Gasteiger partial charge in [-0.15, -0.1) is 0 Å². The molecule has 0 radical (unpaired) electrons. The molecule has 1 N–H and O–H groups in total. The van der Waals surface area contributed by atoms with Crippen molar-refractivity contribution < 1.29 is 9.52 Å². The van der Waals surface area contributed by atoms with E-state index in [1.165, 1.54) is 17.5 Å². The van der Waals surface area contributed by atoms with Gasteiger partial charge in [0.1, 0.15) is 5.76 Å². The second-order valence-corrected chi connectivity index (χ2v) is 6.40. The molecular weight excluding hydrogens is 288 g/mol. The molecule has 4 nitrogen and oxygen atoms in total. The van der Waals surface area contributed by atoms with Gasteiger partial charge in [-0.1, -0.05) is 24.3 Å². The summed E-state index contributed by atoms with van der Waals surface area (Å²) >= 11 is 0. The number of fused-ring (bicyclic) bond motifs is 1. The van der Waals surface area contributed by atoms with Gasteiger partial charge < -0.3 is 9.52 Å². The molecule has 2 aromatic rings. The van der Waals surface area contributed by atoms with E-state index in [1.54, 1.807) is 0 Å². The van der Waals surface area contributed by atoms with Crippen LogP contribution in [0.5, 0.6) is 0 Å². The first-order valence-electron chi connectivity index (χ1n) is 8.54. The van der Waals surface area contributed by atoms with Gasteiger partial charge in [-0.25, -0.2) is 4.98 Å².